The van der Waals surface area contributed by atoms with Crippen LogP contribution in [0, 0.1) is 0 Å². The fourth-order valence-electron chi connectivity index (χ4n) is 0.781. The van der Waals surface area contributed by atoms with Crippen LogP contribution in [0.2, 0.25) is 0 Å². The van der Waals surface area contributed by atoms with Crippen molar-refractivity contribution in [3.05, 3.63) is 0 Å². The van der Waals surface area contributed by atoms with E-state index >= 15 is 0 Å². The van der Waals surface area contributed by atoms with Crippen LogP contribution in [-0.2, 0) is 14.2 Å². The van der Waals surface area contributed by atoms with Crippen LogP contribution in [0.3, 0.4) is 0 Å². The molecule has 1 aliphatic heterocycles. The van der Waals surface area contributed by atoms with E-state index in [1.807, 2.05) is 0 Å². The molecule has 0 saturated carbocycles. The Balaban J connectivity index is 2.19. The monoisotopic (exact) mass is 161 g/mol. The molecule has 0 amide bonds. The van der Waals surface area contributed by atoms with E-state index in [-0.39, 0.29) is 6.23 Å². The van der Waals surface area contributed by atoms with Gasteiger partial charge >= 0.3 is 6.16 Å². The van der Waals surface area contributed by atoms with Gasteiger partial charge in [-0.25, -0.2) is 4.79 Å². The maximum absolute atomic E-state index is 10.5. The van der Waals surface area contributed by atoms with Crippen LogP contribution in [0.4, 0.5) is 4.79 Å². The van der Waals surface area contributed by atoms with Gasteiger partial charge in [-0.05, 0) is 0 Å². The normalized spacial score (nSPS) is 24.3. The van der Waals surface area contributed by atoms with Crippen LogP contribution in [-0.4, -0.2) is 39.3 Å². The number of carbonyl (C=O) groups is 1. The summed E-state index contributed by atoms with van der Waals surface area (Å²) in [5.41, 5.74) is 0. The van der Waals surface area contributed by atoms with Crippen molar-refractivity contribution in [2.24, 2.45) is 0 Å². The largest absolute Gasteiger partial charge is 0.509 e. The fourth-order valence-corrected chi connectivity index (χ4v) is 0.781. The van der Waals surface area contributed by atoms with Gasteiger partial charge < -0.3 is 14.2 Å². The Hall–Kier alpha value is -0.810. The quantitative estimate of drug-likeness (QED) is 0.536. The highest BCUT2D eigenvalue weighted by Crippen LogP contribution is 1.96. The Bertz CT molecular complexity index is 133. The Morgan fingerprint density at radius 2 is 2.55 bits per heavy atom. The standard InChI is InChI=1S/C6H11NO4/c1-9-6(8)11-5-4-10-3-2-7-5/h5,7H,2-4H2,1H3. The Morgan fingerprint density at radius 1 is 1.73 bits per heavy atom. The third kappa shape index (κ3) is 2.73. The molecule has 11 heavy (non-hydrogen) atoms. The van der Waals surface area contributed by atoms with Crippen LogP contribution in [0.5, 0.6) is 0 Å². The first-order valence-electron chi connectivity index (χ1n) is 3.38. The van der Waals surface area contributed by atoms with E-state index < -0.39 is 6.16 Å². The summed E-state index contributed by atoms with van der Waals surface area (Å²) in [5.74, 6) is 0. The van der Waals surface area contributed by atoms with Gasteiger partial charge in [-0.2, -0.15) is 0 Å². The lowest BCUT2D eigenvalue weighted by atomic mass is 10.5. The Morgan fingerprint density at radius 3 is 3.09 bits per heavy atom. The van der Waals surface area contributed by atoms with Gasteiger partial charge in [0.15, 0.2) is 6.23 Å². The summed E-state index contributed by atoms with van der Waals surface area (Å²) in [5, 5.41) is 2.94. The molecule has 0 aromatic rings. The minimum atomic E-state index is -0.687. The van der Waals surface area contributed by atoms with Crippen molar-refractivity contribution >= 4 is 6.16 Å². The number of hydrogen-bond acceptors (Lipinski definition) is 5. The minimum absolute atomic E-state index is 0.365. The van der Waals surface area contributed by atoms with Gasteiger partial charge in [0.25, 0.3) is 0 Å². The zero-order valence-corrected chi connectivity index (χ0v) is 6.33. The van der Waals surface area contributed by atoms with Crippen molar-refractivity contribution in [3.63, 3.8) is 0 Å². The minimum Gasteiger partial charge on any atom is -0.438 e. The summed E-state index contributed by atoms with van der Waals surface area (Å²) in [4.78, 5) is 10.5. The second kappa shape index (κ2) is 4.15. The number of methoxy groups -OCH3 is 1. The molecule has 1 atom stereocenters. The van der Waals surface area contributed by atoms with Crippen molar-refractivity contribution in [1.29, 1.82) is 0 Å². The van der Waals surface area contributed by atoms with Crippen LogP contribution < -0.4 is 5.32 Å². The van der Waals surface area contributed by atoms with E-state index in [0.29, 0.717) is 19.8 Å². The van der Waals surface area contributed by atoms with Crippen LogP contribution >= 0.6 is 0 Å². The molecular weight excluding hydrogens is 150 g/mol. The average molecular weight is 161 g/mol. The highest BCUT2D eigenvalue weighted by atomic mass is 16.7. The third-order valence-corrected chi connectivity index (χ3v) is 1.29. The number of hydrogen-bond donors (Lipinski definition) is 1. The first kappa shape index (κ1) is 8.29. The zero-order valence-electron chi connectivity index (χ0n) is 6.33. The zero-order chi connectivity index (χ0) is 8.10. The molecule has 1 saturated heterocycles. The van der Waals surface area contributed by atoms with E-state index in [1.54, 1.807) is 0 Å². The topological polar surface area (TPSA) is 56.8 Å². The molecule has 5 heteroatoms. The lowest BCUT2D eigenvalue weighted by molar-refractivity contribution is -0.0469. The summed E-state index contributed by atoms with van der Waals surface area (Å²) in [7, 11) is 1.27. The molecule has 1 rings (SSSR count). The number of morpholine rings is 1. The van der Waals surface area contributed by atoms with E-state index in [2.05, 4.69) is 10.1 Å². The van der Waals surface area contributed by atoms with E-state index in [4.69, 9.17) is 9.47 Å². The van der Waals surface area contributed by atoms with Crippen LogP contribution in [0.1, 0.15) is 0 Å². The highest BCUT2D eigenvalue weighted by molar-refractivity contribution is 5.59. The fraction of sp³-hybridized carbons (Fsp3) is 0.833. The first-order chi connectivity index (χ1) is 5.33. The second-order valence-corrected chi connectivity index (χ2v) is 2.09. The van der Waals surface area contributed by atoms with E-state index in [1.165, 1.54) is 7.11 Å². The Labute approximate surface area is 64.6 Å². The van der Waals surface area contributed by atoms with Crippen molar-refractivity contribution < 1.29 is 19.0 Å². The maximum atomic E-state index is 10.5. The molecule has 0 bridgehead atoms. The van der Waals surface area contributed by atoms with Crippen LogP contribution in [0.25, 0.3) is 0 Å². The van der Waals surface area contributed by atoms with Gasteiger partial charge in [0, 0.05) is 6.54 Å². The predicted octanol–water partition coefficient (Wildman–Crippen LogP) is -0.285. The predicted molar refractivity (Wildman–Crippen MR) is 36.1 cm³/mol. The third-order valence-electron chi connectivity index (χ3n) is 1.29. The molecule has 0 aromatic heterocycles. The number of nitrogens with one attached hydrogen (secondary N) is 1. The second-order valence-electron chi connectivity index (χ2n) is 2.09. The maximum Gasteiger partial charge on any atom is 0.509 e. The molecule has 1 N–H and O–H groups in total. The lowest BCUT2D eigenvalue weighted by Crippen LogP contribution is -2.44. The smallest absolute Gasteiger partial charge is 0.438 e. The molecule has 0 aromatic carbocycles. The number of rotatable bonds is 1. The number of carbonyl (C=O) groups excluding carboxylic acids is 1. The van der Waals surface area contributed by atoms with E-state index in [9.17, 15) is 4.79 Å². The van der Waals surface area contributed by atoms with Crippen molar-refractivity contribution in [3.8, 4) is 0 Å². The van der Waals surface area contributed by atoms with Gasteiger partial charge in [-0.3, -0.25) is 5.32 Å². The number of ether oxygens (including phenoxy) is 3. The molecule has 64 valence electrons. The lowest BCUT2D eigenvalue weighted by Gasteiger charge is -2.22. The molecule has 1 heterocycles. The van der Waals surface area contributed by atoms with Gasteiger partial charge in [0.05, 0.1) is 20.3 Å². The first-order valence-corrected chi connectivity index (χ1v) is 3.38. The summed E-state index contributed by atoms with van der Waals surface area (Å²) >= 11 is 0. The summed E-state index contributed by atoms with van der Waals surface area (Å²) in [6.45, 7) is 1.73. The average Bonchev–Trinajstić information content (AvgIpc) is 2.06. The van der Waals surface area contributed by atoms with Crippen molar-refractivity contribution in [1.82, 2.24) is 5.32 Å². The molecule has 5 nitrogen and oxygen atoms in total. The van der Waals surface area contributed by atoms with Crippen molar-refractivity contribution in [2.75, 3.05) is 26.9 Å². The molecule has 0 spiro atoms. The summed E-state index contributed by atoms with van der Waals surface area (Å²) in [6.07, 6.45) is -1.05. The van der Waals surface area contributed by atoms with Crippen LogP contribution in [0.15, 0.2) is 0 Å². The molecule has 1 fully saturated rings. The van der Waals surface area contributed by atoms with Gasteiger partial charge in [0.1, 0.15) is 0 Å². The molecule has 0 radical (unpaired) electrons. The highest BCUT2D eigenvalue weighted by Gasteiger charge is 2.16. The van der Waals surface area contributed by atoms with Crippen molar-refractivity contribution in [2.45, 2.75) is 6.23 Å². The Kier molecular flexibility index (Phi) is 3.13. The summed E-state index contributed by atoms with van der Waals surface area (Å²) in [6, 6.07) is 0. The molecular formula is C6H11NO4. The molecule has 0 aliphatic carbocycles. The van der Waals surface area contributed by atoms with Gasteiger partial charge in [-0.15, -0.1) is 0 Å². The molecule has 1 aliphatic rings. The molecule has 1 unspecified atom stereocenters. The van der Waals surface area contributed by atoms with Gasteiger partial charge in [0.2, 0.25) is 0 Å². The van der Waals surface area contributed by atoms with E-state index in [0.717, 1.165) is 0 Å². The van der Waals surface area contributed by atoms with Gasteiger partial charge in [-0.1, -0.05) is 0 Å². The summed E-state index contributed by atoms with van der Waals surface area (Å²) < 4.78 is 14.1. The SMILES string of the molecule is COC(=O)OC1COCCN1.